The summed E-state index contributed by atoms with van der Waals surface area (Å²) in [6, 6.07) is 17.4. The number of hydrogen-bond acceptors (Lipinski definition) is 9. The summed E-state index contributed by atoms with van der Waals surface area (Å²) >= 11 is 3.56. The van der Waals surface area contributed by atoms with Crippen LogP contribution in [0.15, 0.2) is 59.1 Å². The van der Waals surface area contributed by atoms with Gasteiger partial charge in [-0.25, -0.2) is 9.97 Å². The Morgan fingerprint density at radius 3 is 2.61 bits per heavy atom. The summed E-state index contributed by atoms with van der Waals surface area (Å²) in [4.78, 5) is 48.0. The number of fused-ring (bicyclic) bond motifs is 2. The maximum Gasteiger partial charge on any atom is 0.254 e. The van der Waals surface area contributed by atoms with E-state index in [0.29, 0.717) is 48.9 Å². The van der Waals surface area contributed by atoms with E-state index >= 15 is 0 Å². The zero-order valence-electron chi connectivity index (χ0n) is 29.4. The first kappa shape index (κ1) is 36.1. The first-order chi connectivity index (χ1) is 24.7. The fraction of sp³-hybridized carbons (Fsp3) is 0.410. The van der Waals surface area contributed by atoms with Crippen LogP contribution in [0.25, 0.3) is 10.9 Å². The number of anilines is 2. The van der Waals surface area contributed by atoms with Crippen molar-refractivity contribution >= 4 is 56.1 Å². The Labute approximate surface area is 307 Å². The minimum absolute atomic E-state index is 0.0372. The molecule has 6 rings (SSSR count). The molecule has 1 fully saturated rings. The Kier molecular flexibility index (Phi) is 11.7. The number of rotatable bonds is 15. The Morgan fingerprint density at radius 2 is 1.80 bits per heavy atom. The molecule has 4 aromatic rings. The minimum atomic E-state index is -0.581. The highest BCUT2D eigenvalue weighted by atomic mass is 79.9. The molecule has 0 aliphatic carbocycles. The van der Waals surface area contributed by atoms with Gasteiger partial charge in [0, 0.05) is 46.7 Å². The van der Waals surface area contributed by atoms with Crippen molar-refractivity contribution < 1.29 is 23.9 Å². The second kappa shape index (κ2) is 16.5. The molecule has 0 saturated carbocycles. The monoisotopic (exact) mass is 756 g/mol. The number of nitrogens with one attached hydrogen (secondary N) is 3. The van der Waals surface area contributed by atoms with Crippen molar-refractivity contribution in [3.05, 3.63) is 81.6 Å². The Morgan fingerprint density at radius 1 is 0.980 bits per heavy atom. The van der Waals surface area contributed by atoms with Gasteiger partial charge in [0.05, 0.1) is 25.3 Å². The van der Waals surface area contributed by atoms with Crippen molar-refractivity contribution in [2.45, 2.75) is 77.3 Å². The van der Waals surface area contributed by atoms with Gasteiger partial charge in [-0.15, -0.1) is 0 Å². The number of carbonyl (C=O) groups excluding carboxylic acids is 3. The van der Waals surface area contributed by atoms with Crippen LogP contribution >= 0.6 is 15.9 Å². The van der Waals surface area contributed by atoms with Crippen molar-refractivity contribution in [3.63, 3.8) is 0 Å². The molecule has 0 radical (unpaired) electrons. The van der Waals surface area contributed by atoms with Crippen LogP contribution in [0.4, 0.5) is 11.5 Å². The average Bonchev–Trinajstić information content (AvgIpc) is 3.11. The van der Waals surface area contributed by atoms with Gasteiger partial charge in [0.2, 0.25) is 11.8 Å². The normalized spacial score (nSPS) is 16.4. The zero-order valence-corrected chi connectivity index (χ0v) is 31.0. The maximum atomic E-state index is 13.1. The summed E-state index contributed by atoms with van der Waals surface area (Å²) in [7, 11) is 1.65. The topological polar surface area (TPSA) is 135 Å². The molecule has 1 unspecified atom stereocenters. The molecule has 11 nitrogen and oxygen atoms in total. The van der Waals surface area contributed by atoms with E-state index in [-0.39, 0.29) is 30.2 Å². The number of hydrogen-bond donors (Lipinski definition) is 3. The molecule has 268 valence electrons. The molecule has 3 heterocycles. The molecular formula is C39H45BrN6O5. The van der Waals surface area contributed by atoms with Crippen molar-refractivity contribution in [1.82, 2.24) is 20.2 Å². The third kappa shape index (κ3) is 8.79. The molecule has 0 bridgehead atoms. The van der Waals surface area contributed by atoms with Gasteiger partial charge < -0.3 is 25.0 Å². The maximum absolute atomic E-state index is 13.1. The van der Waals surface area contributed by atoms with Gasteiger partial charge in [-0.05, 0) is 87.1 Å². The number of imide groups is 1. The summed E-state index contributed by atoms with van der Waals surface area (Å²) in [6.45, 7) is 5.91. The number of aromatic nitrogens is 2. The van der Waals surface area contributed by atoms with E-state index in [4.69, 9.17) is 14.5 Å². The highest BCUT2D eigenvalue weighted by Crippen LogP contribution is 2.36. The van der Waals surface area contributed by atoms with E-state index in [0.717, 1.165) is 76.7 Å². The summed E-state index contributed by atoms with van der Waals surface area (Å²) in [6.07, 6.45) is 6.54. The predicted octanol–water partition coefficient (Wildman–Crippen LogP) is 7.13. The van der Waals surface area contributed by atoms with Crippen molar-refractivity contribution in [2.75, 3.05) is 37.4 Å². The third-order valence-corrected chi connectivity index (χ3v) is 10.0. The van der Waals surface area contributed by atoms with Gasteiger partial charge >= 0.3 is 0 Å². The molecule has 0 spiro atoms. The first-order valence-corrected chi connectivity index (χ1v) is 18.5. The van der Waals surface area contributed by atoms with E-state index in [2.05, 4.69) is 55.9 Å². The van der Waals surface area contributed by atoms with Crippen LogP contribution in [-0.2, 0) is 16.0 Å². The number of halogens is 1. The Balaban J connectivity index is 0.929. The van der Waals surface area contributed by atoms with E-state index in [1.165, 1.54) is 0 Å². The predicted molar refractivity (Wildman–Crippen MR) is 201 cm³/mol. The number of aryl methyl sites for hydroxylation is 1. The smallest absolute Gasteiger partial charge is 0.254 e. The molecule has 3 N–H and O–H groups in total. The van der Waals surface area contributed by atoms with Crippen molar-refractivity contribution in [2.24, 2.45) is 0 Å². The van der Waals surface area contributed by atoms with Gasteiger partial charge in [-0.3, -0.25) is 19.7 Å². The molecular weight excluding hydrogens is 712 g/mol. The number of methoxy groups -OCH3 is 1. The summed E-state index contributed by atoms with van der Waals surface area (Å²) < 4.78 is 12.9. The van der Waals surface area contributed by atoms with E-state index in [1.807, 2.05) is 49.4 Å². The molecule has 2 atom stereocenters. The highest BCUT2D eigenvalue weighted by Gasteiger charge is 2.37. The minimum Gasteiger partial charge on any atom is -0.493 e. The number of unbranched alkanes of at least 4 members (excludes halogenated alkanes) is 4. The van der Waals surface area contributed by atoms with Gasteiger partial charge in [0.25, 0.3) is 5.91 Å². The summed E-state index contributed by atoms with van der Waals surface area (Å²) in [5, 5.41) is 10.3. The third-order valence-electron chi connectivity index (χ3n) is 9.51. The molecule has 3 amide bonds. The molecule has 51 heavy (non-hydrogen) atoms. The molecule has 1 saturated heterocycles. The zero-order chi connectivity index (χ0) is 35.9. The van der Waals surface area contributed by atoms with E-state index < -0.39 is 6.04 Å². The quantitative estimate of drug-likeness (QED) is 0.0856. The first-order valence-electron chi connectivity index (χ1n) is 17.7. The van der Waals surface area contributed by atoms with Crippen LogP contribution in [-0.4, -0.2) is 65.4 Å². The molecule has 1 aromatic heterocycles. The summed E-state index contributed by atoms with van der Waals surface area (Å²) in [5.74, 6) is 1.96. The fourth-order valence-corrected chi connectivity index (χ4v) is 7.18. The van der Waals surface area contributed by atoms with Crippen LogP contribution in [0.5, 0.6) is 11.5 Å². The highest BCUT2D eigenvalue weighted by molar-refractivity contribution is 9.10. The Hall–Kier alpha value is -4.71. The fourth-order valence-electron chi connectivity index (χ4n) is 6.76. The van der Waals surface area contributed by atoms with Crippen LogP contribution in [0.3, 0.4) is 0 Å². The van der Waals surface area contributed by atoms with E-state index in [9.17, 15) is 14.4 Å². The van der Waals surface area contributed by atoms with Crippen molar-refractivity contribution in [3.8, 4) is 11.5 Å². The van der Waals surface area contributed by atoms with Crippen LogP contribution in [0.1, 0.15) is 85.2 Å². The van der Waals surface area contributed by atoms with Gasteiger partial charge in [0.1, 0.15) is 17.7 Å². The molecule has 3 aromatic carbocycles. The molecule has 2 aliphatic heterocycles. The van der Waals surface area contributed by atoms with Crippen LogP contribution in [0.2, 0.25) is 0 Å². The number of ether oxygens (including phenoxy) is 2. The number of benzene rings is 3. The lowest BCUT2D eigenvalue weighted by Crippen LogP contribution is -2.55. The lowest BCUT2D eigenvalue weighted by Gasteiger charge is -2.36. The number of piperidine rings is 1. The SMILES string of the molecule is COc1cc2c(N[C@H](C)c3cccc(Br)c3)nc(C)nc2cc1OCCCCCCCNc1ccc2c(c1)CCN(C1CCC(=O)NC1=O)C2=O. The Bertz CT molecular complexity index is 1920. The lowest BCUT2D eigenvalue weighted by atomic mass is 9.94. The van der Waals surface area contributed by atoms with Crippen LogP contribution in [0, 0.1) is 6.92 Å². The van der Waals surface area contributed by atoms with Gasteiger partial charge in [-0.1, -0.05) is 47.3 Å². The molecule has 12 heteroatoms. The van der Waals surface area contributed by atoms with E-state index in [1.54, 1.807) is 12.0 Å². The lowest BCUT2D eigenvalue weighted by molar-refractivity contribution is -0.136. The number of carbonyl (C=O) groups is 3. The summed E-state index contributed by atoms with van der Waals surface area (Å²) in [5.41, 5.74) is 4.56. The molecule has 2 aliphatic rings. The number of amides is 3. The largest absolute Gasteiger partial charge is 0.493 e. The standard InChI is InChI=1S/C39H45BrN6O5/c1-24(26-10-9-11-28(40)20-26)42-37-31-22-34(50-3)35(23-32(31)43-25(2)44-37)51-19-8-6-4-5-7-17-41-29-12-13-30-27(21-29)16-18-46(39(30)49)33-14-15-36(47)45-38(33)48/h9-13,20-24,33,41H,4-8,14-19H2,1-3H3,(H,42,43,44)(H,45,47,48)/t24-,33?/m1/s1. The second-order valence-corrected chi connectivity index (χ2v) is 14.1. The van der Waals surface area contributed by atoms with Crippen molar-refractivity contribution in [1.29, 1.82) is 0 Å². The average molecular weight is 758 g/mol. The number of nitrogens with zero attached hydrogens (tertiary/aromatic N) is 3. The van der Waals surface area contributed by atoms with Crippen LogP contribution < -0.4 is 25.4 Å². The van der Waals surface area contributed by atoms with Gasteiger partial charge in [-0.2, -0.15) is 0 Å². The second-order valence-electron chi connectivity index (χ2n) is 13.2. The van der Waals surface area contributed by atoms with Gasteiger partial charge in [0.15, 0.2) is 11.5 Å².